The van der Waals surface area contributed by atoms with E-state index in [1.54, 1.807) is 0 Å². The van der Waals surface area contributed by atoms with Crippen molar-refractivity contribution in [1.82, 2.24) is 0 Å². The Bertz CT molecular complexity index is 1270. The zero-order chi connectivity index (χ0) is 20.8. The first-order valence-corrected chi connectivity index (χ1v) is 10.6. The summed E-state index contributed by atoms with van der Waals surface area (Å²) in [5.74, 6) is 0. The van der Waals surface area contributed by atoms with Gasteiger partial charge in [0, 0.05) is 0 Å². The Morgan fingerprint density at radius 1 is 0.367 bits per heavy atom. The number of aryl methyl sites for hydroxylation is 4. The van der Waals surface area contributed by atoms with Crippen LogP contribution in [-0.2, 0) is 0 Å². The number of rotatable bonds is 2. The van der Waals surface area contributed by atoms with Crippen LogP contribution in [0.25, 0.3) is 43.8 Å². The average Bonchev–Trinajstić information content (AvgIpc) is 2.71. The summed E-state index contributed by atoms with van der Waals surface area (Å²) in [7, 11) is 0. The quantitative estimate of drug-likeness (QED) is 0.267. The van der Waals surface area contributed by atoms with Crippen molar-refractivity contribution in [3.63, 3.8) is 0 Å². The molecular formula is C30H26. The van der Waals surface area contributed by atoms with E-state index in [0.717, 1.165) is 0 Å². The summed E-state index contributed by atoms with van der Waals surface area (Å²) in [5, 5.41) is 5.26. The van der Waals surface area contributed by atoms with E-state index >= 15 is 0 Å². The van der Waals surface area contributed by atoms with E-state index in [-0.39, 0.29) is 0 Å². The van der Waals surface area contributed by atoms with Gasteiger partial charge in [0.05, 0.1) is 0 Å². The molecule has 0 bridgehead atoms. The largest absolute Gasteiger partial charge is 0.0616 e. The maximum atomic E-state index is 2.33. The highest BCUT2D eigenvalue weighted by Crippen LogP contribution is 2.45. The molecule has 0 fully saturated rings. The second-order valence-electron chi connectivity index (χ2n) is 8.59. The standard InChI is InChI=1S/C30H26/c1-19-13-20(2)16-23(15-19)29-27-11-7-5-9-25(27)26-10-6-8-12-28(26)30(29)24-17-21(3)14-22(4)18-24/h5-18H,1-4H3. The van der Waals surface area contributed by atoms with E-state index in [2.05, 4.69) is 113 Å². The van der Waals surface area contributed by atoms with Gasteiger partial charge < -0.3 is 0 Å². The first-order chi connectivity index (χ1) is 14.5. The molecule has 5 rings (SSSR count). The predicted molar refractivity (Wildman–Crippen MR) is 131 cm³/mol. The highest BCUT2D eigenvalue weighted by Gasteiger charge is 2.18. The van der Waals surface area contributed by atoms with Gasteiger partial charge in [-0.15, -0.1) is 0 Å². The lowest BCUT2D eigenvalue weighted by Gasteiger charge is -2.20. The van der Waals surface area contributed by atoms with Crippen LogP contribution in [0.2, 0.25) is 0 Å². The Labute approximate surface area is 178 Å². The predicted octanol–water partition coefficient (Wildman–Crippen LogP) is 8.56. The fraction of sp³-hybridized carbons (Fsp3) is 0.133. The molecule has 30 heavy (non-hydrogen) atoms. The fourth-order valence-corrected chi connectivity index (χ4v) is 4.98. The van der Waals surface area contributed by atoms with Gasteiger partial charge in [0.15, 0.2) is 0 Å². The molecule has 0 aliphatic rings. The van der Waals surface area contributed by atoms with Crippen LogP contribution in [0.1, 0.15) is 22.3 Å². The van der Waals surface area contributed by atoms with Crippen molar-refractivity contribution in [2.24, 2.45) is 0 Å². The molecule has 0 aliphatic heterocycles. The van der Waals surface area contributed by atoms with Crippen LogP contribution in [-0.4, -0.2) is 0 Å². The summed E-state index contributed by atoms with van der Waals surface area (Å²) in [6.07, 6.45) is 0. The molecule has 0 atom stereocenters. The third-order valence-corrected chi connectivity index (χ3v) is 5.95. The molecule has 0 N–H and O–H groups in total. The van der Waals surface area contributed by atoms with Gasteiger partial charge in [-0.05, 0) is 71.5 Å². The number of fused-ring (bicyclic) bond motifs is 3. The SMILES string of the molecule is Cc1cc(C)cc(-c2c(-c3cc(C)cc(C)c3)c3ccccc3c3ccccc23)c1. The van der Waals surface area contributed by atoms with Gasteiger partial charge in [0.1, 0.15) is 0 Å². The topological polar surface area (TPSA) is 0 Å². The van der Waals surface area contributed by atoms with Gasteiger partial charge >= 0.3 is 0 Å². The van der Waals surface area contributed by atoms with E-state index in [1.807, 2.05) is 0 Å². The van der Waals surface area contributed by atoms with Gasteiger partial charge in [-0.25, -0.2) is 0 Å². The van der Waals surface area contributed by atoms with Gasteiger partial charge in [-0.3, -0.25) is 0 Å². The Balaban J connectivity index is 2.05. The fourth-order valence-electron chi connectivity index (χ4n) is 4.98. The van der Waals surface area contributed by atoms with Crippen LogP contribution >= 0.6 is 0 Å². The summed E-state index contributed by atoms with van der Waals surface area (Å²) in [6, 6.07) is 31.5. The smallest absolute Gasteiger partial charge is 0.00202 e. The Hall–Kier alpha value is -3.38. The summed E-state index contributed by atoms with van der Waals surface area (Å²) < 4.78 is 0. The maximum Gasteiger partial charge on any atom is -0.00202 e. The van der Waals surface area contributed by atoms with Crippen molar-refractivity contribution in [3.05, 3.63) is 107 Å². The van der Waals surface area contributed by atoms with Gasteiger partial charge in [0.2, 0.25) is 0 Å². The molecule has 0 heterocycles. The van der Waals surface area contributed by atoms with E-state index in [9.17, 15) is 0 Å². The zero-order valence-corrected chi connectivity index (χ0v) is 18.1. The molecule has 0 nitrogen and oxygen atoms in total. The van der Waals surface area contributed by atoms with Gasteiger partial charge in [-0.2, -0.15) is 0 Å². The molecule has 5 aromatic carbocycles. The second-order valence-corrected chi connectivity index (χ2v) is 8.59. The molecular weight excluding hydrogens is 360 g/mol. The van der Waals surface area contributed by atoms with E-state index < -0.39 is 0 Å². The third-order valence-electron chi connectivity index (χ3n) is 5.95. The van der Waals surface area contributed by atoms with Crippen molar-refractivity contribution >= 4 is 21.5 Å². The highest BCUT2D eigenvalue weighted by atomic mass is 14.2. The van der Waals surface area contributed by atoms with E-state index in [4.69, 9.17) is 0 Å². The van der Waals surface area contributed by atoms with Gasteiger partial charge in [0.25, 0.3) is 0 Å². The summed E-state index contributed by atoms with van der Waals surface area (Å²) in [6.45, 7) is 8.76. The Morgan fingerprint density at radius 2 is 0.667 bits per heavy atom. The van der Waals surface area contributed by atoms with Crippen molar-refractivity contribution in [2.45, 2.75) is 27.7 Å². The average molecular weight is 387 g/mol. The van der Waals surface area contributed by atoms with Gasteiger partial charge in [-0.1, -0.05) is 107 Å². The zero-order valence-electron chi connectivity index (χ0n) is 18.1. The first-order valence-electron chi connectivity index (χ1n) is 10.6. The minimum Gasteiger partial charge on any atom is -0.0616 e. The molecule has 0 saturated carbocycles. The van der Waals surface area contributed by atoms with Crippen LogP contribution in [0.4, 0.5) is 0 Å². The third kappa shape index (κ3) is 3.09. The molecule has 0 unspecified atom stereocenters. The van der Waals surface area contributed by atoms with E-state index in [1.165, 1.54) is 66.1 Å². The number of benzene rings is 5. The molecule has 0 radical (unpaired) electrons. The highest BCUT2D eigenvalue weighted by molar-refractivity contribution is 6.21. The Morgan fingerprint density at radius 3 is 1.00 bits per heavy atom. The van der Waals surface area contributed by atoms with Crippen LogP contribution in [0.5, 0.6) is 0 Å². The van der Waals surface area contributed by atoms with Crippen molar-refractivity contribution in [1.29, 1.82) is 0 Å². The first kappa shape index (κ1) is 18.6. The molecule has 0 heteroatoms. The molecule has 146 valence electrons. The lowest BCUT2D eigenvalue weighted by molar-refractivity contribution is 1.38. The van der Waals surface area contributed by atoms with E-state index in [0.29, 0.717) is 0 Å². The number of hydrogen-bond acceptors (Lipinski definition) is 0. The molecule has 0 aliphatic carbocycles. The summed E-state index contributed by atoms with van der Waals surface area (Å²) in [4.78, 5) is 0. The lowest BCUT2D eigenvalue weighted by atomic mass is 9.83. The molecule has 0 spiro atoms. The lowest BCUT2D eigenvalue weighted by Crippen LogP contribution is -1.93. The van der Waals surface area contributed by atoms with Crippen LogP contribution < -0.4 is 0 Å². The van der Waals surface area contributed by atoms with Crippen LogP contribution in [0.3, 0.4) is 0 Å². The minimum atomic E-state index is 1.30. The monoisotopic (exact) mass is 386 g/mol. The van der Waals surface area contributed by atoms with Crippen molar-refractivity contribution in [2.75, 3.05) is 0 Å². The van der Waals surface area contributed by atoms with Crippen LogP contribution in [0, 0.1) is 27.7 Å². The molecule has 5 aromatic rings. The minimum absolute atomic E-state index is 1.30. The van der Waals surface area contributed by atoms with Crippen molar-refractivity contribution < 1.29 is 0 Å². The molecule has 0 saturated heterocycles. The number of hydrogen-bond donors (Lipinski definition) is 0. The maximum absolute atomic E-state index is 2.33. The summed E-state index contributed by atoms with van der Waals surface area (Å²) in [5.41, 5.74) is 10.5. The normalized spacial score (nSPS) is 11.3. The molecule has 0 aromatic heterocycles. The molecule has 0 amide bonds. The van der Waals surface area contributed by atoms with Crippen LogP contribution in [0.15, 0.2) is 84.9 Å². The summed E-state index contributed by atoms with van der Waals surface area (Å²) >= 11 is 0. The Kier molecular flexibility index (Phi) is 4.44. The second kappa shape index (κ2) is 7.15. The van der Waals surface area contributed by atoms with Crippen molar-refractivity contribution in [3.8, 4) is 22.3 Å².